The molecule has 0 spiro atoms. The summed E-state index contributed by atoms with van der Waals surface area (Å²) in [6.45, 7) is 9.85. The molecule has 2 N–H and O–H groups in total. The van der Waals surface area contributed by atoms with E-state index < -0.39 is 72.7 Å². The second-order valence-electron chi connectivity index (χ2n) is 16.3. The summed E-state index contributed by atoms with van der Waals surface area (Å²) in [6.07, 6.45) is -0.0126. The van der Waals surface area contributed by atoms with Gasteiger partial charge in [0, 0.05) is 24.2 Å². The average Bonchev–Trinajstić information content (AvgIpc) is 3.23. The molecule has 12 atom stereocenters. The second kappa shape index (κ2) is 25.3. The molecule has 0 bridgehead atoms. The highest BCUT2D eigenvalue weighted by Crippen LogP contribution is 2.35. The largest absolute Gasteiger partial charge is 0.462 e. The summed E-state index contributed by atoms with van der Waals surface area (Å²) in [5.41, 5.74) is 2.73. The maximum Gasteiger partial charge on any atom is 0.308 e. The van der Waals surface area contributed by atoms with Crippen LogP contribution in [0.5, 0.6) is 0 Å². The van der Waals surface area contributed by atoms with Crippen molar-refractivity contribution in [2.45, 2.75) is 122 Å². The Hall–Kier alpha value is -3.63. The first-order chi connectivity index (χ1) is 28.8. The van der Waals surface area contributed by atoms with Gasteiger partial charge in [0.05, 0.1) is 56.7 Å². The molecule has 0 amide bonds. The predicted octanol–water partition coefficient (Wildman–Crippen LogP) is 5.80. The van der Waals surface area contributed by atoms with Crippen molar-refractivity contribution in [3.05, 3.63) is 95.6 Å². The number of carbonyl (C=O) groups excluding carboxylic acids is 3. The van der Waals surface area contributed by atoms with Gasteiger partial charge in [0.2, 0.25) is 0 Å². The lowest BCUT2D eigenvalue weighted by atomic mass is 9.79. The van der Waals surface area contributed by atoms with Gasteiger partial charge in [-0.05, 0) is 63.9 Å². The number of hydrogen-bond donors (Lipinski definition) is 2. The van der Waals surface area contributed by atoms with Crippen LogP contribution >= 0.6 is 0 Å². The topological polar surface area (TPSA) is 160 Å². The van der Waals surface area contributed by atoms with E-state index in [-0.39, 0.29) is 57.8 Å². The number of aliphatic hydroxyl groups is 2. The van der Waals surface area contributed by atoms with Crippen molar-refractivity contribution in [2.24, 2.45) is 23.7 Å². The number of rotatable bonds is 17. The summed E-state index contributed by atoms with van der Waals surface area (Å²) >= 11 is 0. The molecule has 0 unspecified atom stereocenters. The van der Waals surface area contributed by atoms with E-state index in [9.17, 15) is 24.6 Å². The number of hydrogen-bond acceptors (Lipinski definition) is 13. The SMILES string of the molecule is CC[C@H]1OC(=O)C[C@@H](OCOCc2ccccc2)[C@H](C)[C@@H](O[C@@H]2O[C@H](C)[C@@H](O)[C@H](N(C)C)[C@H]2O)[C@@H](CC=O)C[C@@H](C)C(=O)/C=C/C(C)=C/[C@@H]1COCOCc1ccccc1. The van der Waals surface area contributed by atoms with Crippen molar-refractivity contribution >= 4 is 18.0 Å². The minimum absolute atomic E-state index is 0.0176. The van der Waals surface area contributed by atoms with Crippen LogP contribution in [0.3, 0.4) is 0 Å². The van der Waals surface area contributed by atoms with E-state index in [2.05, 4.69) is 0 Å². The Morgan fingerprint density at radius 3 is 2.10 bits per heavy atom. The van der Waals surface area contributed by atoms with Crippen LogP contribution in [0.4, 0.5) is 0 Å². The zero-order chi connectivity index (χ0) is 43.6. The van der Waals surface area contributed by atoms with Crippen molar-refractivity contribution in [3.63, 3.8) is 0 Å². The van der Waals surface area contributed by atoms with Crippen LogP contribution in [0.25, 0.3) is 0 Å². The third-order valence-corrected chi connectivity index (χ3v) is 11.4. The van der Waals surface area contributed by atoms with Gasteiger partial charge in [-0.25, -0.2) is 0 Å². The summed E-state index contributed by atoms with van der Waals surface area (Å²) in [6, 6.07) is 18.7. The third kappa shape index (κ3) is 15.1. The van der Waals surface area contributed by atoms with E-state index in [0.29, 0.717) is 13.0 Å². The first-order valence-corrected chi connectivity index (χ1v) is 21.1. The molecule has 2 aliphatic heterocycles. The molecule has 1 saturated heterocycles. The number of carbonyl (C=O) groups is 3. The number of aldehydes is 1. The van der Waals surface area contributed by atoms with Crippen LogP contribution in [0.1, 0.15) is 71.4 Å². The normalized spacial score (nSPS) is 32.5. The van der Waals surface area contributed by atoms with Crippen molar-refractivity contribution in [3.8, 4) is 0 Å². The molecule has 2 aliphatic rings. The Kier molecular flexibility index (Phi) is 20.7. The van der Waals surface area contributed by atoms with Gasteiger partial charge < -0.3 is 53.1 Å². The quantitative estimate of drug-likeness (QED) is 0.0853. The summed E-state index contributed by atoms with van der Waals surface area (Å²) in [5, 5.41) is 22.5. The predicted molar refractivity (Wildman–Crippen MR) is 225 cm³/mol. The van der Waals surface area contributed by atoms with Gasteiger partial charge in [-0.2, -0.15) is 0 Å². The van der Waals surface area contributed by atoms with E-state index in [1.807, 2.05) is 94.4 Å². The van der Waals surface area contributed by atoms with Gasteiger partial charge in [-0.1, -0.05) is 99.2 Å². The Morgan fingerprint density at radius 2 is 1.50 bits per heavy atom. The minimum atomic E-state index is -1.28. The zero-order valence-corrected chi connectivity index (χ0v) is 36.3. The number of ketones is 1. The lowest BCUT2D eigenvalue weighted by Crippen LogP contribution is -2.63. The lowest BCUT2D eigenvalue weighted by molar-refractivity contribution is -0.305. The third-order valence-electron chi connectivity index (χ3n) is 11.4. The van der Waals surface area contributed by atoms with Gasteiger partial charge in [0.25, 0.3) is 0 Å². The number of ether oxygens (including phenoxy) is 7. The molecule has 1 fully saturated rings. The standard InChI is InChI=1S/C47H67NO12/c1-8-40-38(28-56-29-54-26-35-15-11-9-12-16-35)23-31(2)19-20-39(50)32(3)24-37(21-22-49)46(60-47-45(53)43(48(6)7)44(52)34(5)58-47)33(4)41(25-42(51)59-40)57-30-55-27-36-17-13-10-14-18-36/h9-20,22-23,32-34,37-38,40-41,43-47,52-53H,8,21,24-30H2,1-7H3/b20-19+,31-23+/t32-,33+,34-,37+,38-,40-,41-,43+,44-,45-,46-,47+/m1/s1. The fraction of sp³-hybridized carbons (Fsp3) is 0.596. The Bertz CT molecular complexity index is 1640. The van der Waals surface area contributed by atoms with Crippen LogP contribution in [0.15, 0.2) is 84.5 Å². The number of aliphatic hydroxyl groups excluding tert-OH is 2. The number of esters is 1. The van der Waals surface area contributed by atoms with E-state index in [0.717, 1.165) is 23.0 Å². The van der Waals surface area contributed by atoms with Crippen LogP contribution in [0, 0.1) is 23.7 Å². The Labute approximate surface area is 355 Å². The first kappa shape index (κ1) is 49.0. The smallest absolute Gasteiger partial charge is 0.308 e. The number of nitrogens with zero attached hydrogens (tertiary/aromatic N) is 1. The Balaban J connectivity index is 1.66. The van der Waals surface area contributed by atoms with Crippen molar-refractivity contribution in [1.82, 2.24) is 4.90 Å². The van der Waals surface area contributed by atoms with Gasteiger partial charge in [-0.3, -0.25) is 9.59 Å². The van der Waals surface area contributed by atoms with Crippen LogP contribution in [-0.2, 0) is 60.8 Å². The molecule has 0 saturated carbocycles. The van der Waals surface area contributed by atoms with Gasteiger partial charge >= 0.3 is 5.97 Å². The number of cyclic esters (lactones) is 1. The van der Waals surface area contributed by atoms with Gasteiger partial charge in [0.1, 0.15) is 32.1 Å². The molecule has 60 heavy (non-hydrogen) atoms. The highest BCUT2D eigenvalue weighted by atomic mass is 16.7. The molecule has 13 nitrogen and oxygen atoms in total. The molecule has 2 heterocycles. The maximum absolute atomic E-state index is 14.1. The van der Waals surface area contributed by atoms with E-state index >= 15 is 0 Å². The first-order valence-electron chi connectivity index (χ1n) is 21.1. The summed E-state index contributed by atoms with van der Waals surface area (Å²) in [5.74, 6) is -2.76. The minimum Gasteiger partial charge on any atom is -0.462 e. The molecule has 2 aromatic rings. The highest BCUT2D eigenvalue weighted by Gasteiger charge is 2.47. The van der Waals surface area contributed by atoms with E-state index in [1.165, 1.54) is 6.08 Å². The van der Waals surface area contributed by atoms with Crippen LogP contribution in [0.2, 0.25) is 0 Å². The van der Waals surface area contributed by atoms with Crippen molar-refractivity contribution < 1.29 is 57.8 Å². The molecule has 0 radical (unpaired) electrons. The van der Waals surface area contributed by atoms with E-state index in [4.69, 9.17) is 33.2 Å². The molecule has 2 aromatic carbocycles. The molecule has 4 rings (SSSR count). The van der Waals surface area contributed by atoms with Gasteiger partial charge in [0.15, 0.2) is 12.1 Å². The second-order valence-corrected chi connectivity index (χ2v) is 16.3. The van der Waals surface area contributed by atoms with Crippen LogP contribution < -0.4 is 0 Å². The average molecular weight is 838 g/mol. The van der Waals surface area contributed by atoms with Gasteiger partial charge in [-0.15, -0.1) is 0 Å². The number of benzene rings is 2. The fourth-order valence-electron chi connectivity index (χ4n) is 7.96. The number of likely N-dealkylation sites (N-methyl/N-ethyl adjacent to an activating group) is 1. The van der Waals surface area contributed by atoms with Crippen molar-refractivity contribution in [1.29, 1.82) is 0 Å². The summed E-state index contributed by atoms with van der Waals surface area (Å²) < 4.78 is 43.0. The molecular weight excluding hydrogens is 771 g/mol. The fourth-order valence-corrected chi connectivity index (χ4v) is 7.96. The lowest BCUT2D eigenvalue weighted by Gasteiger charge is -2.46. The summed E-state index contributed by atoms with van der Waals surface area (Å²) in [4.78, 5) is 41.8. The molecule has 0 aromatic heterocycles. The number of allylic oxidation sites excluding steroid dienone is 3. The van der Waals surface area contributed by atoms with Crippen molar-refractivity contribution in [2.75, 3.05) is 34.3 Å². The molecule has 13 heteroatoms. The summed E-state index contributed by atoms with van der Waals surface area (Å²) in [7, 11) is 3.50. The van der Waals surface area contributed by atoms with Crippen LogP contribution in [-0.4, -0.2) is 116 Å². The molecular formula is C47H67NO12. The monoisotopic (exact) mass is 837 g/mol. The van der Waals surface area contributed by atoms with E-state index in [1.54, 1.807) is 32.0 Å². The molecule has 332 valence electrons. The highest BCUT2D eigenvalue weighted by molar-refractivity contribution is 5.91. The molecule has 0 aliphatic carbocycles. The maximum atomic E-state index is 14.1. The zero-order valence-electron chi connectivity index (χ0n) is 36.3. The Morgan fingerprint density at radius 1 is 0.867 bits per heavy atom.